The van der Waals surface area contributed by atoms with E-state index in [0.29, 0.717) is 30.0 Å². The van der Waals surface area contributed by atoms with Gasteiger partial charge in [-0.2, -0.15) is 10.2 Å². The number of hydrogen-bond donors (Lipinski definition) is 1. The molecule has 2 atom stereocenters. The number of halogens is 3. The number of nitrogens with one attached hydrogen (secondary N) is 1. The summed E-state index contributed by atoms with van der Waals surface area (Å²) < 4.78 is 44.7. The smallest absolute Gasteiger partial charge is 0.254 e. The maximum atomic E-state index is 13.9. The highest BCUT2D eigenvalue weighted by molar-refractivity contribution is 5.95. The highest BCUT2D eigenvalue weighted by atomic mass is 19.2. The van der Waals surface area contributed by atoms with Crippen molar-refractivity contribution in [3.8, 4) is 11.3 Å². The van der Waals surface area contributed by atoms with Crippen molar-refractivity contribution >= 4 is 5.91 Å². The first-order valence-electron chi connectivity index (χ1n) is 10.8. The molecule has 1 fully saturated rings. The van der Waals surface area contributed by atoms with E-state index in [1.165, 1.54) is 0 Å². The largest absolute Gasteiger partial charge is 0.349 e. The van der Waals surface area contributed by atoms with Crippen LogP contribution in [0.5, 0.6) is 0 Å². The van der Waals surface area contributed by atoms with E-state index >= 15 is 0 Å². The molecule has 2 aromatic heterocycles. The molecule has 0 radical (unpaired) electrons. The van der Waals surface area contributed by atoms with E-state index in [0.717, 1.165) is 41.9 Å². The Morgan fingerprint density at radius 1 is 1.12 bits per heavy atom. The summed E-state index contributed by atoms with van der Waals surface area (Å²) in [5.41, 5.74) is 3.96. The van der Waals surface area contributed by atoms with Gasteiger partial charge in [0.05, 0.1) is 28.8 Å². The van der Waals surface area contributed by atoms with Crippen molar-refractivity contribution in [3.63, 3.8) is 0 Å². The van der Waals surface area contributed by atoms with Crippen molar-refractivity contribution in [3.05, 3.63) is 58.3 Å². The third-order valence-corrected chi connectivity index (χ3v) is 6.52. The Bertz CT molecular complexity index is 1200. The molecule has 2 aliphatic carbocycles. The second-order valence-corrected chi connectivity index (χ2v) is 8.94. The molecule has 1 saturated carbocycles. The molecule has 1 aromatic carbocycles. The van der Waals surface area contributed by atoms with Gasteiger partial charge in [-0.3, -0.25) is 14.2 Å². The molecule has 168 valence electrons. The number of fused-ring (bicyclic) bond motifs is 1. The Morgan fingerprint density at radius 3 is 2.47 bits per heavy atom. The fraction of sp³-hybridized carbons (Fsp3) is 0.435. The van der Waals surface area contributed by atoms with E-state index in [4.69, 9.17) is 0 Å². The molecule has 0 aliphatic heterocycles. The zero-order valence-electron chi connectivity index (χ0n) is 18.1. The normalized spacial score (nSPS) is 20.3. The third kappa shape index (κ3) is 3.40. The summed E-state index contributed by atoms with van der Waals surface area (Å²) in [5, 5.41) is 12.0. The summed E-state index contributed by atoms with van der Waals surface area (Å²) in [5.74, 6) is -3.72. The van der Waals surface area contributed by atoms with Gasteiger partial charge < -0.3 is 5.32 Å². The second-order valence-electron chi connectivity index (χ2n) is 8.94. The molecule has 2 unspecified atom stereocenters. The van der Waals surface area contributed by atoms with Crippen LogP contribution in [0, 0.1) is 17.5 Å². The molecule has 0 bridgehead atoms. The fourth-order valence-electron chi connectivity index (χ4n) is 4.94. The highest BCUT2D eigenvalue weighted by Gasteiger charge is 2.35. The van der Waals surface area contributed by atoms with E-state index in [-0.39, 0.29) is 23.4 Å². The number of rotatable bonds is 4. The molecule has 3 aromatic rings. The summed E-state index contributed by atoms with van der Waals surface area (Å²) >= 11 is 0. The lowest BCUT2D eigenvalue weighted by Crippen LogP contribution is -2.40. The lowest BCUT2D eigenvalue weighted by Gasteiger charge is -2.27. The maximum absolute atomic E-state index is 13.9. The van der Waals surface area contributed by atoms with Crippen molar-refractivity contribution in [2.45, 2.75) is 50.5 Å². The first-order chi connectivity index (χ1) is 15.2. The number of hydrogen-bond acceptors (Lipinski definition) is 3. The molecular weight excluding hydrogens is 419 g/mol. The average Bonchev–Trinajstić information content (AvgIpc) is 3.40. The minimum Gasteiger partial charge on any atom is -0.349 e. The number of aromatic nitrogens is 4. The number of nitrogens with zero attached hydrogens (tertiary/aromatic N) is 4. The first kappa shape index (κ1) is 20.8. The zero-order valence-corrected chi connectivity index (χ0v) is 18.1. The van der Waals surface area contributed by atoms with Gasteiger partial charge in [0, 0.05) is 43.1 Å². The standard InChI is InChI=1S/C23H24F3N5O/c1-11-6-14(28-23(32)16-10-27-30(2)21(16)12-4-5-12)9-15-20(11)29-31(3)22(15)13-7-17(24)19(26)18(25)8-13/h7-8,10-12,14H,4-6,9H2,1-3H3,(H,28,32). The van der Waals surface area contributed by atoms with E-state index in [1.807, 2.05) is 14.0 Å². The Kier molecular flexibility index (Phi) is 4.87. The molecule has 2 heterocycles. The maximum Gasteiger partial charge on any atom is 0.254 e. The Balaban J connectivity index is 1.45. The van der Waals surface area contributed by atoms with Crippen LogP contribution in [0.3, 0.4) is 0 Å². The number of aryl methyl sites for hydroxylation is 2. The van der Waals surface area contributed by atoms with Crippen molar-refractivity contribution < 1.29 is 18.0 Å². The number of benzene rings is 1. The van der Waals surface area contributed by atoms with Crippen molar-refractivity contribution in [2.75, 3.05) is 0 Å². The molecule has 2 aliphatic rings. The Labute approximate surface area is 183 Å². The summed E-state index contributed by atoms with van der Waals surface area (Å²) in [6.07, 6.45) is 4.90. The molecular formula is C23H24F3N5O. The van der Waals surface area contributed by atoms with Crippen LogP contribution in [0.1, 0.15) is 65.3 Å². The van der Waals surface area contributed by atoms with Crippen molar-refractivity contribution in [1.29, 1.82) is 0 Å². The summed E-state index contributed by atoms with van der Waals surface area (Å²) in [6.45, 7) is 2.01. The minimum absolute atomic E-state index is 0.0379. The topological polar surface area (TPSA) is 64.7 Å². The molecule has 0 saturated heterocycles. The van der Waals surface area contributed by atoms with Gasteiger partial charge >= 0.3 is 0 Å². The monoisotopic (exact) mass is 443 g/mol. The average molecular weight is 443 g/mol. The van der Waals surface area contributed by atoms with Crippen LogP contribution in [-0.4, -0.2) is 31.5 Å². The molecule has 1 amide bonds. The van der Waals surface area contributed by atoms with Crippen LogP contribution in [0.2, 0.25) is 0 Å². The van der Waals surface area contributed by atoms with Crippen molar-refractivity contribution in [2.24, 2.45) is 14.1 Å². The van der Waals surface area contributed by atoms with Crippen LogP contribution < -0.4 is 5.32 Å². The number of carbonyl (C=O) groups is 1. The quantitative estimate of drug-likeness (QED) is 0.621. The number of carbonyl (C=O) groups excluding carboxylic acids is 1. The molecule has 6 nitrogen and oxygen atoms in total. The van der Waals surface area contributed by atoms with Crippen LogP contribution >= 0.6 is 0 Å². The van der Waals surface area contributed by atoms with Gasteiger partial charge in [0.1, 0.15) is 0 Å². The van der Waals surface area contributed by atoms with Gasteiger partial charge in [0.2, 0.25) is 0 Å². The van der Waals surface area contributed by atoms with Crippen LogP contribution in [0.4, 0.5) is 13.2 Å². The lowest BCUT2D eigenvalue weighted by atomic mass is 9.83. The minimum atomic E-state index is -1.49. The zero-order chi connectivity index (χ0) is 22.7. The van der Waals surface area contributed by atoms with Gasteiger partial charge in [0.25, 0.3) is 5.91 Å². The molecule has 5 rings (SSSR count). The van der Waals surface area contributed by atoms with Gasteiger partial charge in [-0.25, -0.2) is 13.2 Å². The second kappa shape index (κ2) is 7.50. The number of amides is 1. The Morgan fingerprint density at radius 2 is 1.81 bits per heavy atom. The first-order valence-corrected chi connectivity index (χ1v) is 10.8. The van der Waals surface area contributed by atoms with Gasteiger partial charge in [-0.1, -0.05) is 6.92 Å². The molecule has 9 heteroatoms. The van der Waals surface area contributed by atoms with Gasteiger partial charge in [0.15, 0.2) is 17.5 Å². The summed E-state index contributed by atoms with van der Waals surface area (Å²) in [6, 6.07) is 1.80. The predicted molar refractivity (Wildman–Crippen MR) is 112 cm³/mol. The SMILES string of the molecule is CC1CC(NC(=O)c2cnn(C)c2C2CC2)Cc2c1nn(C)c2-c1cc(F)c(F)c(F)c1. The van der Waals surface area contributed by atoms with E-state index in [1.54, 1.807) is 22.6 Å². The lowest BCUT2D eigenvalue weighted by molar-refractivity contribution is 0.0931. The molecule has 32 heavy (non-hydrogen) atoms. The predicted octanol–water partition coefficient (Wildman–Crippen LogP) is 3.96. The summed E-state index contributed by atoms with van der Waals surface area (Å²) in [7, 11) is 3.55. The van der Waals surface area contributed by atoms with E-state index in [2.05, 4.69) is 15.5 Å². The van der Waals surface area contributed by atoms with E-state index < -0.39 is 17.5 Å². The van der Waals surface area contributed by atoms with E-state index in [9.17, 15) is 18.0 Å². The third-order valence-electron chi connectivity index (χ3n) is 6.52. The summed E-state index contributed by atoms with van der Waals surface area (Å²) in [4.78, 5) is 13.1. The Hall–Kier alpha value is -3.10. The van der Waals surface area contributed by atoms with Crippen molar-refractivity contribution in [1.82, 2.24) is 24.9 Å². The molecule has 0 spiro atoms. The highest BCUT2D eigenvalue weighted by Crippen LogP contribution is 2.42. The van der Waals surface area contributed by atoms with Gasteiger partial charge in [-0.15, -0.1) is 0 Å². The van der Waals surface area contributed by atoms with Crippen LogP contribution in [0.15, 0.2) is 18.3 Å². The van der Waals surface area contributed by atoms with Crippen LogP contribution in [0.25, 0.3) is 11.3 Å². The molecule has 1 N–H and O–H groups in total. The van der Waals surface area contributed by atoms with Gasteiger partial charge in [-0.05, 0) is 37.8 Å². The fourth-order valence-corrected chi connectivity index (χ4v) is 4.94. The van der Waals surface area contributed by atoms with Crippen LogP contribution in [-0.2, 0) is 20.5 Å².